The number of Topliss-reactive ketones (excluding diaryl/α,β-unsaturated/α-hetero) is 1. The first kappa shape index (κ1) is 9.79. The molecule has 0 saturated carbocycles. The van der Waals surface area contributed by atoms with Crippen molar-refractivity contribution in [2.45, 2.75) is 26.2 Å². The lowest BCUT2D eigenvalue weighted by Crippen LogP contribution is -2.37. The van der Waals surface area contributed by atoms with Gasteiger partial charge in [0.25, 0.3) is 5.91 Å². The van der Waals surface area contributed by atoms with E-state index >= 15 is 0 Å². The molecule has 3 nitrogen and oxygen atoms in total. The van der Waals surface area contributed by atoms with Crippen LogP contribution in [-0.4, -0.2) is 29.7 Å². The normalized spacial score (nSPS) is 16.4. The molecule has 70 valence electrons. The summed E-state index contributed by atoms with van der Waals surface area (Å²) in [6, 6.07) is 0. The third-order valence-electron chi connectivity index (χ3n) is 1.98. The molecule has 0 aliphatic carbocycles. The summed E-state index contributed by atoms with van der Waals surface area (Å²) in [6.45, 7) is 2.98. The summed E-state index contributed by atoms with van der Waals surface area (Å²) in [5.74, 6) is 5.37. The molecule has 1 amide bonds. The first-order chi connectivity index (χ1) is 6.24. The predicted octanol–water partition coefficient (Wildman–Crippen LogP) is 0.591. The van der Waals surface area contributed by atoms with Gasteiger partial charge in [-0.25, -0.2) is 0 Å². The van der Waals surface area contributed by atoms with Gasteiger partial charge in [0.2, 0.25) is 0 Å². The van der Waals surface area contributed by atoms with Gasteiger partial charge in [-0.05, 0) is 5.92 Å². The fourth-order valence-electron chi connectivity index (χ4n) is 1.20. The zero-order valence-electron chi connectivity index (χ0n) is 7.80. The highest BCUT2D eigenvalue weighted by Gasteiger charge is 2.18. The molecule has 0 aromatic carbocycles. The van der Waals surface area contributed by atoms with E-state index in [1.165, 1.54) is 0 Å². The number of hydrogen-bond donors (Lipinski definition) is 0. The van der Waals surface area contributed by atoms with Crippen molar-refractivity contribution in [3.8, 4) is 11.8 Å². The van der Waals surface area contributed by atoms with Crippen molar-refractivity contribution in [2.75, 3.05) is 13.1 Å². The highest BCUT2D eigenvalue weighted by molar-refractivity contribution is 5.94. The van der Waals surface area contributed by atoms with Crippen LogP contribution in [0.5, 0.6) is 0 Å². The Balaban J connectivity index is 2.44. The van der Waals surface area contributed by atoms with E-state index in [1.54, 1.807) is 4.90 Å². The van der Waals surface area contributed by atoms with Crippen LogP contribution in [0.15, 0.2) is 0 Å². The molecule has 0 spiro atoms. The number of ketones is 1. The lowest BCUT2D eigenvalue weighted by atomic mass is 10.1. The molecule has 0 radical (unpaired) electrons. The van der Waals surface area contributed by atoms with Gasteiger partial charge >= 0.3 is 0 Å². The van der Waals surface area contributed by atoms with E-state index in [2.05, 4.69) is 11.8 Å². The van der Waals surface area contributed by atoms with Gasteiger partial charge in [-0.15, -0.1) is 0 Å². The molecular formula is C10H13NO2. The van der Waals surface area contributed by atoms with Gasteiger partial charge in [0.15, 0.2) is 0 Å². The Morgan fingerprint density at radius 3 is 2.62 bits per heavy atom. The Labute approximate surface area is 78.1 Å². The molecule has 0 N–H and O–H groups in total. The van der Waals surface area contributed by atoms with Crippen molar-refractivity contribution in [3.05, 3.63) is 0 Å². The standard InChI is InChI=1S/C10H13NO2/c1-2-3-4-10(13)11-7-5-9(12)6-8-11/h2,5-8H2,1H3. The van der Waals surface area contributed by atoms with Crippen molar-refractivity contribution in [3.63, 3.8) is 0 Å². The maximum Gasteiger partial charge on any atom is 0.298 e. The molecule has 3 heteroatoms. The predicted molar refractivity (Wildman–Crippen MR) is 48.9 cm³/mol. The minimum atomic E-state index is -0.144. The van der Waals surface area contributed by atoms with Crippen molar-refractivity contribution >= 4 is 11.7 Å². The average Bonchev–Trinajstić information content (AvgIpc) is 2.15. The lowest BCUT2D eigenvalue weighted by Gasteiger charge is -2.23. The monoisotopic (exact) mass is 179 g/mol. The summed E-state index contributed by atoms with van der Waals surface area (Å²) >= 11 is 0. The summed E-state index contributed by atoms with van der Waals surface area (Å²) in [5.41, 5.74) is 0. The largest absolute Gasteiger partial charge is 0.331 e. The molecule has 1 saturated heterocycles. The van der Waals surface area contributed by atoms with Crippen LogP contribution in [0.25, 0.3) is 0 Å². The first-order valence-electron chi connectivity index (χ1n) is 4.53. The van der Waals surface area contributed by atoms with Crippen molar-refractivity contribution < 1.29 is 9.59 Å². The van der Waals surface area contributed by atoms with Crippen LogP contribution in [0.2, 0.25) is 0 Å². The fourth-order valence-corrected chi connectivity index (χ4v) is 1.20. The van der Waals surface area contributed by atoms with E-state index in [9.17, 15) is 9.59 Å². The number of piperidine rings is 1. The van der Waals surface area contributed by atoms with Gasteiger partial charge in [-0.1, -0.05) is 12.8 Å². The van der Waals surface area contributed by atoms with Gasteiger partial charge in [0.1, 0.15) is 5.78 Å². The summed E-state index contributed by atoms with van der Waals surface area (Å²) < 4.78 is 0. The Morgan fingerprint density at radius 2 is 2.08 bits per heavy atom. The number of likely N-dealkylation sites (tertiary alicyclic amines) is 1. The Morgan fingerprint density at radius 1 is 1.46 bits per heavy atom. The maximum absolute atomic E-state index is 11.3. The second kappa shape index (κ2) is 4.66. The molecule has 1 fully saturated rings. The van der Waals surface area contributed by atoms with Crippen LogP contribution in [0.4, 0.5) is 0 Å². The SMILES string of the molecule is CCC#CC(=O)N1CCC(=O)CC1. The quantitative estimate of drug-likeness (QED) is 0.510. The Hall–Kier alpha value is -1.30. The highest BCUT2D eigenvalue weighted by Crippen LogP contribution is 2.04. The molecule has 1 heterocycles. The van der Waals surface area contributed by atoms with Crippen molar-refractivity contribution in [2.24, 2.45) is 0 Å². The summed E-state index contributed by atoms with van der Waals surface area (Å²) in [6.07, 6.45) is 1.66. The molecule has 1 aliphatic heterocycles. The van der Waals surface area contributed by atoms with Gasteiger partial charge in [0.05, 0.1) is 0 Å². The van der Waals surface area contributed by atoms with Crippen LogP contribution in [0, 0.1) is 11.8 Å². The van der Waals surface area contributed by atoms with Gasteiger partial charge in [-0.2, -0.15) is 0 Å². The van der Waals surface area contributed by atoms with Crippen molar-refractivity contribution in [1.29, 1.82) is 0 Å². The van der Waals surface area contributed by atoms with Crippen LogP contribution in [0.3, 0.4) is 0 Å². The van der Waals surface area contributed by atoms with E-state index in [1.807, 2.05) is 6.92 Å². The smallest absolute Gasteiger partial charge is 0.298 e. The third kappa shape index (κ3) is 2.90. The average molecular weight is 179 g/mol. The van der Waals surface area contributed by atoms with E-state index in [0.717, 1.165) is 0 Å². The van der Waals surface area contributed by atoms with Crippen LogP contribution in [0.1, 0.15) is 26.2 Å². The van der Waals surface area contributed by atoms with E-state index in [0.29, 0.717) is 32.4 Å². The van der Waals surface area contributed by atoms with Gasteiger partial charge < -0.3 is 4.90 Å². The molecule has 0 bridgehead atoms. The number of rotatable bonds is 0. The topological polar surface area (TPSA) is 37.4 Å². The van der Waals surface area contributed by atoms with Crippen molar-refractivity contribution in [1.82, 2.24) is 4.90 Å². The minimum Gasteiger partial charge on any atom is -0.331 e. The minimum absolute atomic E-state index is 0.144. The summed E-state index contributed by atoms with van der Waals surface area (Å²) in [7, 11) is 0. The fraction of sp³-hybridized carbons (Fsp3) is 0.600. The van der Waals surface area contributed by atoms with Crippen LogP contribution in [-0.2, 0) is 9.59 Å². The molecule has 0 atom stereocenters. The number of carbonyl (C=O) groups excluding carboxylic acids is 2. The number of carbonyl (C=O) groups is 2. The second-order valence-corrected chi connectivity index (χ2v) is 2.99. The summed E-state index contributed by atoms with van der Waals surface area (Å²) in [5, 5.41) is 0. The molecule has 0 aromatic rings. The molecular weight excluding hydrogens is 166 g/mol. The van der Waals surface area contributed by atoms with E-state index in [4.69, 9.17) is 0 Å². The van der Waals surface area contributed by atoms with Gasteiger partial charge in [0, 0.05) is 32.4 Å². The van der Waals surface area contributed by atoms with Gasteiger partial charge in [-0.3, -0.25) is 9.59 Å². The molecule has 1 rings (SSSR count). The lowest BCUT2D eigenvalue weighted by molar-refractivity contribution is -0.129. The molecule has 0 unspecified atom stereocenters. The van der Waals surface area contributed by atoms with Crippen LogP contribution >= 0.6 is 0 Å². The molecule has 13 heavy (non-hydrogen) atoms. The molecule has 1 aliphatic rings. The Kier molecular flexibility index (Phi) is 3.51. The molecule has 0 aromatic heterocycles. The number of hydrogen-bond acceptors (Lipinski definition) is 2. The maximum atomic E-state index is 11.3. The number of amides is 1. The van der Waals surface area contributed by atoms with E-state index < -0.39 is 0 Å². The zero-order chi connectivity index (χ0) is 9.68. The van der Waals surface area contributed by atoms with Crippen LogP contribution < -0.4 is 0 Å². The Bertz CT molecular complexity index is 262. The second-order valence-electron chi connectivity index (χ2n) is 2.99. The van der Waals surface area contributed by atoms with E-state index in [-0.39, 0.29) is 11.7 Å². The zero-order valence-corrected chi connectivity index (χ0v) is 7.80. The number of nitrogens with zero attached hydrogens (tertiary/aromatic N) is 1. The first-order valence-corrected chi connectivity index (χ1v) is 4.53. The highest BCUT2D eigenvalue weighted by atomic mass is 16.2. The third-order valence-corrected chi connectivity index (χ3v) is 1.98. The summed E-state index contributed by atoms with van der Waals surface area (Å²) in [4.78, 5) is 23.8.